The molecular formula is C18H15ClFNO3. The Morgan fingerprint density at radius 3 is 2.50 bits per heavy atom. The Bertz CT molecular complexity index is 903. The molecule has 0 atom stereocenters. The molecule has 1 aromatic heterocycles. The minimum Gasteiger partial charge on any atom is -0.494 e. The van der Waals surface area contributed by atoms with Gasteiger partial charge in [0, 0.05) is 17.0 Å². The topological polar surface area (TPSA) is 40.5 Å². The minimum atomic E-state index is -0.544. The van der Waals surface area contributed by atoms with Gasteiger partial charge in [0.05, 0.1) is 19.7 Å². The van der Waals surface area contributed by atoms with E-state index in [4.69, 9.17) is 21.1 Å². The monoisotopic (exact) mass is 347 g/mol. The minimum absolute atomic E-state index is 0.246. The second kappa shape index (κ2) is 6.53. The molecule has 0 amide bonds. The van der Waals surface area contributed by atoms with Crippen molar-refractivity contribution in [3.63, 3.8) is 0 Å². The molecule has 0 spiro atoms. The zero-order valence-electron chi connectivity index (χ0n) is 13.2. The van der Waals surface area contributed by atoms with Gasteiger partial charge in [-0.3, -0.25) is 0 Å². The number of aromatic nitrogens is 1. The van der Waals surface area contributed by atoms with Gasteiger partial charge in [-0.05, 0) is 35.9 Å². The number of methoxy groups -OCH3 is 2. The van der Waals surface area contributed by atoms with Crippen molar-refractivity contribution >= 4 is 28.5 Å². The molecule has 24 heavy (non-hydrogen) atoms. The highest BCUT2D eigenvalue weighted by Gasteiger charge is 2.25. The predicted octanol–water partition coefficient (Wildman–Crippen LogP) is 4.28. The number of hydrogen-bond donors (Lipinski definition) is 0. The van der Waals surface area contributed by atoms with Gasteiger partial charge in [-0.25, -0.2) is 9.18 Å². The van der Waals surface area contributed by atoms with Crippen molar-refractivity contribution in [3.05, 3.63) is 64.6 Å². The molecular weight excluding hydrogens is 333 g/mol. The lowest BCUT2D eigenvalue weighted by molar-refractivity contribution is 0.0585. The number of esters is 1. The van der Waals surface area contributed by atoms with Crippen LogP contribution in [0.4, 0.5) is 4.39 Å². The van der Waals surface area contributed by atoms with Crippen LogP contribution in [0.25, 0.3) is 10.9 Å². The molecule has 0 aliphatic heterocycles. The maximum absolute atomic E-state index is 13.7. The quantitative estimate of drug-likeness (QED) is 0.661. The average molecular weight is 348 g/mol. The summed E-state index contributed by atoms with van der Waals surface area (Å²) in [6.45, 7) is 0.396. The number of carbonyl (C=O) groups is 1. The second-order valence-corrected chi connectivity index (χ2v) is 5.68. The standard InChI is InChI=1S/C18H15ClFNO3/c1-23-17-14-9-13(20)7-8-15(14)21(16(17)18(22)24-2)10-11-3-5-12(19)6-4-11/h3-9H,10H2,1-2H3. The molecule has 0 N–H and O–H groups in total. The van der Waals surface area contributed by atoms with E-state index in [0.717, 1.165) is 5.56 Å². The molecule has 0 aliphatic rings. The highest BCUT2D eigenvalue weighted by molar-refractivity contribution is 6.30. The highest BCUT2D eigenvalue weighted by Crippen LogP contribution is 2.34. The van der Waals surface area contributed by atoms with E-state index in [-0.39, 0.29) is 5.69 Å². The van der Waals surface area contributed by atoms with Crippen LogP contribution in [0.2, 0.25) is 5.02 Å². The fourth-order valence-electron chi connectivity index (χ4n) is 2.74. The number of ether oxygens (including phenoxy) is 2. The van der Waals surface area contributed by atoms with Crippen molar-refractivity contribution in [2.45, 2.75) is 6.54 Å². The third-order valence-electron chi connectivity index (χ3n) is 3.82. The summed E-state index contributed by atoms with van der Waals surface area (Å²) in [5.41, 5.74) is 1.87. The van der Waals surface area contributed by atoms with E-state index >= 15 is 0 Å². The Morgan fingerprint density at radius 2 is 1.88 bits per heavy atom. The smallest absolute Gasteiger partial charge is 0.358 e. The summed E-state index contributed by atoms with van der Waals surface area (Å²) in [5, 5.41) is 1.15. The summed E-state index contributed by atoms with van der Waals surface area (Å²) in [6.07, 6.45) is 0. The van der Waals surface area contributed by atoms with Crippen LogP contribution >= 0.6 is 11.6 Å². The van der Waals surface area contributed by atoms with Crippen molar-refractivity contribution in [3.8, 4) is 5.75 Å². The molecule has 0 radical (unpaired) electrons. The fourth-order valence-corrected chi connectivity index (χ4v) is 2.86. The van der Waals surface area contributed by atoms with Crippen LogP contribution in [0.5, 0.6) is 5.75 Å². The third-order valence-corrected chi connectivity index (χ3v) is 4.07. The Kier molecular flexibility index (Phi) is 4.44. The highest BCUT2D eigenvalue weighted by atomic mass is 35.5. The number of halogens is 2. The first-order chi connectivity index (χ1) is 11.5. The number of rotatable bonds is 4. The van der Waals surface area contributed by atoms with E-state index in [1.807, 2.05) is 12.1 Å². The van der Waals surface area contributed by atoms with Crippen LogP contribution in [0, 0.1) is 5.82 Å². The molecule has 0 saturated heterocycles. The van der Waals surface area contributed by atoms with Gasteiger partial charge in [-0.15, -0.1) is 0 Å². The van der Waals surface area contributed by atoms with E-state index in [9.17, 15) is 9.18 Å². The summed E-state index contributed by atoms with van der Waals surface area (Å²) in [7, 11) is 2.74. The van der Waals surface area contributed by atoms with Gasteiger partial charge in [-0.2, -0.15) is 0 Å². The van der Waals surface area contributed by atoms with Gasteiger partial charge in [0.1, 0.15) is 5.82 Å². The molecule has 0 fully saturated rings. The van der Waals surface area contributed by atoms with E-state index in [1.54, 1.807) is 22.8 Å². The first-order valence-electron chi connectivity index (χ1n) is 7.23. The van der Waals surface area contributed by atoms with Crippen LogP contribution < -0.4 is 4.74 Å². The summed E-state index contributed by atoms with van der Waals surface area (Å²) < 4.78 is 25.7. The molecule has 0 saturated carbocycles. The van der Waals surface area contributed by atoms with Crippen molar-refractivity contribution in [1.82, 2.24) is 4.57 Å². The first kappa shape index (κ1) is 16.3. The van der Waals surface area contributed by atoms with Gasteiger partial charge in [0.2, 0.25) is 0 Å². The number of benzene rings is 2. The van der Waals surface area contributed by atoms with Crippen LogP contribution in [0.3, 0.4) is 0 Å². The SMILES string of the molecule is COC(=O)c1c(OC)c2cc(F)ccc2n1Cc1ccc(Cl)cc1. The molecule has 2 aromatic carbocycles. The van der Waals surface area contributed by atoms with Crippen molar-refractivity contribution in [1.29, 1.82) is 0 Å². The lowest BCUT2D eigenvalue weighted by Gasteiger charge is -2.10. The van der Waals surface area contributed by atoms with Crippen molar-refractivity contribution < 1.29 is 18.7 Å². The Morgan fingerprint density at radius 1 is 1.17 bits per heavy atom. The van der Waals surface area contributed by atoms with E-state index in [2.05, 4.69) is 0 Å². The number of hydrogen-bond acceptors (Lipinski definition) is 3. The second-order valence-electron chi connectivity index (χ2n) is 5.25. The van der Waals surface area contributed by atoms with Gasteiger partial charge in [0.15, 0.2) is 11.4 Å². The normalized spacial score (nSPS) is 10.8. The van der Waals surface area contributed by atoms with Gasteiger partial charge in [0.25, 0.3) is 0 Å². The summed E-state index contributed by atoms with van der Waals surface area (Å²) in [4.78, 5) is 12.3. The molecule has 0 aliphatic carbocycles. The molecule has 4 nitrogen and oxygen atoms in total. The fraction of sp³-hybridized carbons (Fsp3) is 0.167. The largest absolute Gasteiger partial charge is 0.494 e. The van der Waals surface area contributed by atoms with Gasteiger partial charge < -0.3 is 14.0 Å². The number of nitrogens with zero attached hydrogens (tertiary/aromatic N) is 1. The summed E-state index contributed by atoms with van der Waals surface area (Å²) >= 11 is 5.92. The molecule has 6 heteroatoms. The van der Waals surface area contributed by atoms with Crippen LogP contribution in [-0.4, -0.2) is 24.8 Å². The maximum atomic E-state index is 13.7. The molecule has 3 aromatic rings. The molecule has 0 bridgehead atoms. The van der Waals surface area contributed by atoms with Crippen LogP contribution in [-0.2, 0) is 11.3 Å². The summed E-state index contributed by atoms with van der Waals surface area (Å²) in [6, 6.07) is 11.6. The van der Waals surface area contributed by atoms with E-state index in [0.29, 0.717) is 28.2 Å². The molecule has 3 rings (SSSR count). The third kappa shape index (κ3) is 2.83. The van der Waals surface area contributed by atoms with E-state index < -0.39 is 11.8 Å². The number of fused-ring (bicyclic) bond motifs is 1. The first-order valence-corrected chi connectivity index (χ1v) is 7.61. The Hall–Kier alpha value is -2.53. The Balaban J connectivity index is 2.23. The number of carbonyl (C=O) groups excluding carboxylic acids is 1. The van der Waals surface area contributed by atoms with E-state index in [1.165, 1.54) is 26.4 Å². The molecule has 124 valence electrons. The molecule has 0 unspecified atom stereocenters. The van der Waals surface area contributed by atoms with Gasteiger partial charge >= 0.3 is 5.97 Å². The predicted molar refractivity (Wildman–Crippen MR) is 90.3 cm³/mol. The van der Waals surface area contributed by atoms with Crippen LogP contribution in [0.15, 0.2) is 42.5 Å². The molecule has 1 heterocycles. The van der Waals surface area contributed by atoms with Crippen LogP contribution in [0.1, 0.15) is 16.1 Å². The van der Waals surface area contributed by atoms with Crippen molar-refractivity contribution in [2.75, 3.05) is 14.2 Å². The Labute approximate surface area is 143 Å². The maximum Gasteiger partial charge on any atom is 0.358 e. The lowest BCUT2D eigenvalue weighted by atomic mass is 10.2. The zero-order valence-corrected chi connectivity index (χ0v) is 13.9. The van der Waals surface area contributed by atoms with Crippen molar-refractivity contribution in [2.24, 2.45) is 0 Å². The lowest BCUT2D eigenvalue weighted by Crippen LogP contribution is -2.12. The summed E-state index contributed by atoms with van der Waals surface area (Å²) in [5.74, 6) is -0.649. The average Bonchev–Trinajstić information content (AvgIpc) is 2.88. The van der Waals surface area contributed by atoms with Gasteiger partial charge in [-0.1, -0.05) is 23.7 Å². The zero-order chi connectivity index (χ0) is 17.3.